The van der Waals surface area contributed by atoms with E-state index in [1.807, 2.05) is 156 Å². The van der Waals surface area contributed by atoms with Crippen molar-refractivity contribution in [2.75, 3.05) is 0 Å². The number of pyridine rings is 8. The van der Waals surface area contributed by atoms with E-state index in [1.54, 1.807) is 0 Å². The van der Waals surface area contributed by atoms with Crippen LogP contribution in [0.1, 0.15) is 164 Å². The van der Waals surface area contributed by atoms with E-state index in [0.29, 0.717) is 28.4 Å². The molecule has 12 heterocycles. The van der Waals surface area contributed by atoms with Crippen LogP contribution >= 0.6 is 0 Å². The minimum absolute atomic E-state index is 0.0839. The van der Waals surface area contributed by atoms with Crippen molar-refractivity contribution in [2.24, 2.45) is 45.9 Å². The van der Waals surface area contributed by atoms with Crippen molar-refractivity contribution in [3.05, 3.63) is 288 Å². The van der Waals surface area contributed by atoms with Gasteiger partial charge in [0.15, 0.2) is 24.8 Å². The molecular formula is C111H108N8O4+4. The Morgan fingerprint density at radius 2 is 0.618 bits per heavy atom. The highest BCUT2D eigenvalue weighted by Crippen LogP contribution is 2.44. The number of aryl methyl sites for hydroxylation is 8. The Balaban J connectivity index is 0.000000108. The van der Waals surface area contributed by atoms with Crippen LogP contribution in [0.15, 0.2) is 261 Å². The quantitative estimate of drug-likeness (QED) is 0.117. The van der Waals surface area contributed by atoms with Crippen molar-refractivity contribution < 1.29 is 45.5 Å². The van der Waals surface area contributed by atoms with Gasteiger partial charge in [0.1, 0.15) is 50.5 Å². The Morgan fingerprint density at radius 1 is 0.333 bits per heavy atom. The molecule has 23 rings (SSSR count). The summed E-state index contributed by atoms with van der Waals surface area (Å²) in [5.74, 6) is -0.411. The summed E-state index contributed by atoms with van der Waals surface area (Å²) in [6, 6.07) is 66.5. The van der Waals surface area contributed by atoms with E-state index in [0.717, 1.165) is 264 Å². The molecule has 3 aliphatic carbocycles. The Morgan fingerprint density at radius 3 is 0.951 bits per heavy atom. The first-order valence-electron chi connectivity index (χ1n) is 47.5. The van der Waals surface area contributed by atoms with Gasteiger partial charge in [-0.3, -0.25) is 0 Å². The average molecular weight is 1630 g/mol. The third kappa shape index (κ3) is 15.3. The Hall–Kier alpha value is -12.8. The van der Waals surface area contributed by atoms with Crippen LogP contribution in [0.3, 0.4) is 0 Å². The summed E-state index contributed by atoms with van der Waals surface area (Å²) in [5.41, 5.74) is 22.3. The monoisotopic (exact) mass is 1620 g/mol. The van der Waals surface area contributed by atoms with Crippen molar-refractivity contribution in [1.82, 2.24) is 19.9 Å². The Labute approximate surface area is 728 Å². The molecular weight excluding hydrogens is 1510 g/mol. The van der Waals surface area contributed by atoms with E-state index in [9.17, 15) is 0 Å². The van der Waals surface area contributed by atoms with Gasteiger partial charge in [0.25, 0.3) is 0 Å². The standard InChI is InChI=1S/C29H29N2O.2C28H27N2O.C26H25N2O/c1-19-14-27-25(28-23-11-7-6-10-22(23)18-30-29(28)32-27)17-24(19)26-16-21(12-13-31(26)2)15-20-8-4-3-5-9-20;1-18-13-26-24(27-22-10-6-5-9-21(22)17-29-28(27)31-26)16-23(18)25-15-20(11-12-30(25)2)14-19-7-3-4-8-19;1-18-14-26-24(27-22-11-7-6-10-21(22)17-29-28(27)31-26)16-23(18)25-15-20(12-13-30(25)2)19-8-4-3-5-9-19;1-16(2)11-18-9-10-28(4)23(13-18)21-14-22-24(12-17(21)3)29-26-25(22)20-8-6-5-7-19(20)15-27-26/h6-7,10-14,16-18,20H,3-5,8-9,15H2,1-2H3;5-6,9-13,15-17,19H,3-4,7-8,14H2,1-2H3;6-7,10-17,19H,3-5,8-9H2,1-2H3;5-10,12-16H,11H2,1-4H3/q4*+1/i15D2;14D2;19D;11D2. The molecule has 0 atom stereocenters. The molecule has 12 nitrogen and oxygen atoms in total. The molecule has 0 unspecified atom stereocenters. The average Bonchev–Trinajstić information content (AvgIpc) is 1.59. The van der Waals surface area contributed by atoms with Gasteiger partial charge in [0, 0.05) is 148 Å². The lowest BCUT2D eigenvalue weighted by atomic mass is 9.84. The molecule has 12 aromatic heterocycles. The van der Waals surface area contributed by atoms with Crippen molar-refractivity contribution >= 4 is 131 Å². The second-order valence-corrected chi connectivity index (χ2v) is 34.9. The lowest BCUT2D eigenvalue weighted by Gasteiger charge is -2.21. The lowest BCUT2D eigenvalue weighted by molar-refractivity contribution is -0.660. The fraction of sp³-hybridized carbons (Fsp3) is 0.279. The molecule has 0 spiro atoms. The van der Waals surface area contributed by atoms with E-state index in [1.165, 1.54) is 18.4 Å². The highest BCUT2D eigenvalue weighted by molar-refractivity contribution is 6.21. The number of aromatic nitrogens is 8. The van der Waals surface area contributed by atoms with Gasteiger partial charge in [0.2, 0.25) is 45.6 Å². The first-order chi connectivity index (χ1) is 62.7. The number of fused-ring (bicyclic) bond motifs is 20. The number of benzene rings is 8. The van der Waals surface area contributed by atoms with Crippen LogP contribution in [-0.2, 0) is 47.3 Å². The first kappa shape index (κ1) is 70.8. The van der Waals surface area contributed by atoms with Crippen LogP contribution < -0.4 is 18.3 Å². The van der Waals surface area contributed by atoms with Crippen molar-refractivity contribution in [3.8, 4) is 45.0 Å². The molecule has 0 N–H and O–H groups in total. The summed E-state index contributed by atoms with van der Waals surface area (Å²) in [6.45, 7) is 12.2. The summed E-state index contributed by atoms with van der Waals surface area (Å²) >= 11 is 0. The van der Waals surface area contributed by atoms with Gasteiger partial charge < -0.3 is 17.7 Å². The Kier molecular flexibility index (Phi) is 19.1. The zero-order chi connectivity index (χ0) is 90.0. The summed E-state index contributed by atoms with van der Waals surface area (Å²) < 4.78 is 94.9. The molecule has 0 bridgehead atoms. The van der Waals surface area contributed by atoms with Gasteiger partial charge in [-0.25, -0.2) is 38.2 Å². The van der Waals surface area contributed by atoms with Gasteiger partial charge in [0.05, 0.1) is 21.5 Å². The van der Waals surface area contributed by atoms with Crippen LogP contribution in [0, 0.1) is 45.4 Å². The molecule has 3 saturated carbocycles. The second-order valence-electron chi connectivity index (χ2n) is 34.9. The fourth-order valence-corrected chi connectivity index (χ4v) is 19.5. The molecule has 12 heteroatoms. The smallest absolute Gasteiger partial charge is 0.227 e. The third-order valence-corrected chi connectivity index (χ3v) is 26.0. The maximum absolute atomic E-state index is 9.12. The molecule has 3 fully saturated rings. The molecule has 0 saturated heterocycles. The SMILES string of the molecule is [2H]C([2H])(c1cc[n+](C)c(-c2cc3c(cc2C)oc2ncc4ccccc4c23)c1)C(C)C.[2H]C([2H])(c1cc[n+](C)c(-c2cc3c(cc2C)oc2ncc4ccccc4c23)c1)C1CCCC1.[2H]C([2H])(c1cc[n+](C)c(-c2cc3c(cc2C)oc2ncc4ccccc4c23)c1)C1CCCCC1.[2H]C1(c2cc[n+](C)c(-c3cc4c(cc3C)oc3ncc5ccccc5c34)c2)CCCCC1. The maximum atomic E-state index is 9.12. The fourth-order valence-electron chi connectivity index (χ4n) is 19.5. The van der Waals surface area contributed by atoms with Crippen LogP contribution in [0.25, 0.3) is 176 Å². The molecule has 0 radical (unpaired) electrons. The van der Waals surface area contributed by atoms with Crippen molar-refractivity contribution in [1.29, 1.82) is 0 Å². The minimum atomic E-state index is -1.40. The van der Waals surface area contributed by atoms with Crippen LogP contribution in [0.5, 0.6) is 0 Å². The van der Waals surface area contributed by atoms with Crippen molar-refractivity contribution in [3.63, 3.8) is 0 Å². The van der Waals surface area contributed by atoms with E-state index in [2.05, 4.69) is 196 Å². The van der Waals surface area contributed by atoms with Gasteiger partial charge in [-0.05, 0) is 198 Å². The molecule has 612 valence electrons. The van der Waals surface area contributed by atoms with Gasteiger partial charge >= 0.3 is 0 Å². The molecule has 123 heavy (non-hydrogen) atoms. The topological polar surface area (TPSA) is 120 Å². The number of nitrogens with zero attached hydrogens (tertiary/aromatic N) is 8. The first-order valence-corrected chi connectivity index (χ1v) is 44.0. The van der Waals surface area contributed by atoms with Crippen LogP contribution in [0.4, 0.5) is 0 Å². The highest BCUT2D eigenvalue weighted by Gasteiger charge is 2.28. The minimum Gasteiger partial charge on any atom is -0.438 e. The summed E-state index contributed by atoms with van der Waals surface area (Å²) in [6.07, 6.45) is 26.5. The van der Waals surface area contributed by atoms with Crippen LogP contribution in [0.2, 0.25) is 0 Å². The third-order valence-electron chi connectivity index (χ3n) is 26.0. The number of rotatable bonds is 11. The number of hydrogen-bond donors (Lipinski definition) is 0. The van der Waals surface area contributed by atoms with Gasteiger partial charge in [-0.15, -0.1) is 0 Å². The molecule has 8 aromatic carbocycles. The predicted molar refractivity (Wildman–Crippen MR) is 502 cm³/mol. The Bertz CT molecular complexity index is 7880. The zero-order valence-electron chi connectivity index (χ0n) is 78.9. The number of hydrogen-bond acceptors (Lipinski definition) is 8. The second kappa shape index (κ2) is 33.2. The molecule has 0 aliphatic heterocycles. The van der Waals surface area contributed by atoms with E-state index in [-0.39, 0.29) is 17.8 Å². The van der Waals surface area contributed by atoms with E-state index < -0.39 is 25.0 Å². The zero-order valence-corrected chi connectivity index (χ0v) is 71.9. The summed E-state index contributed by atoms with van der Waals surface area (Å²) in [7, 11) is 8.14. The van der Waals surface area contributed by atoms with E-state index in [4.69, 9.17) is 27.3 Å². The van der Waals surface area contributed by atoms with Gasteiger partial charge in [-0.1, -0.05) is 188 Å². The van der Waals surface area contributed by atoms with Gasteiger partial charge in [-0.2, -0.15) is 0 Å². The van der Waals surface area contributed by atoms with Crippen LogP contribution in [-0.4, -0.2) is 19.9 Å². The number of furan rings is 4. The van der Waals surface area contributed by atoms with Crippen molar-refractivity contribution in [2.45, 2.75) is 156 Å². The summed E-state index contributed by atoms with van der Waals surface area (Å²) in [5, 5.41) is 17.3. The van der Waals surface area contributed by atoms with E-state index >= 15 is 0 Å². The summed E-state index contributed by atoms with van der Waals surface area (Å²) in [4.78, 5) is 18.3. The highest BCUT2D eigenvalue weighted by atomic mass is 16.4. The molecule has 3 aliphatic rings. The molecule has 0 amide bonds. The normalized spacial score (nSPS) is 15.8. The lowest BCUT2D eigenvalue weighted by Crippen LogP contribution is -2.31. The molecule has 20 aromatic rings. The predicted octanol–water partition coefficient (Wildman–Crippen LogP) is 26.8. The maximum Gasteiger partial charge on any atom is 0.227 e. The largest absolute Gasteiger partial charge is 0.438 e.